The van der Waals surface area contributed by atoms with Gasteiger partial charge < -0.3 is 10.3 Å². The number of nitrogens with zero attached hydrogens (tertiary/aromatic N) is 2. The number of benzene rings is 1. The first kappa shape index (κ1) is 10.7. The van der Waals surface area contributed by atoms with Crippen molar-refractivity contribution in [3.8, 4) is 0 Å². The maximum Gasteiger partial charge on any atom is 0.151 e. The molecule has 0 saturated carbocycles. The van der Waals surface area contributed by atoms with Crippen molar-refractivity contribution in [3.63, 3.8) is 0 Å². The number of imidazole rings is 1. The molecule has 0 aliphatic carbocycles. The minimum Gasteiger partial charge on any atom is -0.341 e. The van der Waals surface area contributed by atoms with Crippen molar-refractivity contribution in [3.05, 3.63) is 29.8 Å². The lowest BCUT2D eigenvalue weighted by molar-refractivity contribution is 0.229. The molecule has 1 aliphatic rings. The van der Waals surface area contributed by atoms with E-state index in [1.165, 1.54) is 6.07 Å². The number of H-pyrrole nitrogens is 1. The Labute approximate surface area is 98.8 Å². The standard InChI is InChI=1S/C12H15FN4/c13-9-2-1-3-10-12(9)16-11(15-10)8-17-6-4-14-5-7-17/h1-3,14H,4-8H2,(H,15,16). The van der Waals surface area contributed by atoms with Gasteiger partial charge in [0.1, 0.15) is 11.3 Å². The van der Waals surface area contributed by atoms with Gasteiger partial charge in [0, 0.05) is 26.2 Å². The molecule has 2 N–H and O–H groups in total. The number of fused-ring (bicyclic) bond motifs is 1. The van der Waals surface area contributed by atoms with Crippen molar-refractivity contribution in [2.24, 2.45) is 0 Å². The zero-order chi connectivity index (χ0) is 11.7. The molecule has 5 heteroatoms. The SMILES string of the molecule is Fc1cccc2[nH]c(CN3CCNCC3)nc12. The number of nitrogens with one attached hydrogen (secondary N) is 2. The van der Waals surface area contributed by atoms with Crippen LogP contribution in [-0.2, 0) is 6.54 Å². The van der Waals surface area contributed by atoms with Crippen molar-refractivity contribution >= 4 is 11.0 Å². The molecule has 0 radical (unpaired) electrons. The first-order valence-electron chi connectivity index (χ1n) is 5.89. The van der Waals surface area contributed by atoms with E-state index in [1.54, 1.807) is 6.07 Å². The minimum absolute atomic E-state index is 0.259. The van der Waals surface area contributed by atoms with Gasteiger partial charge in [0.15, 0.2) is 5.82 Å². The fraction of sp³-hybridized carbons (Fsp3) is 0.417. The van der Waals surface area contributed by atoms with Crippen LogP contribution in [0.1, 0.15) is 5.82 Å². The summed E-state index contributed by atoms with van der Waals surface area (Å²) in [5.41, 5.74) is 1.22. The van der Waals surface area contributed by atoms with Gasteiger partial charge in [-0.2, -0.15) is 0 Å². The molecule has 1 aromatic carbocycles. The maximum atomic E-state index is 13.5. The maximum absolute atomic E-state index is 13.5. The topological polar surface area (TPSA) is 44.0 Å². The Kier molecular flexibility index (Phi) is 2.78. The summed E-state index contributed by atoms with van der Waals surface area (Å²) in [6.45, 7) is 4.80. The molecule has 1 fully saturated rings. The van der Waals surface area contributed by atoms with E-state index in [2.05, 4.69) is 20.2 Å². The van der Waals surface area contributed by atoms with Crippen LogP contribution >= 0.6 is 0 Å². The third-order valence-electron chi connectivity index (χ3n) is 3.10. The lowest BCUT2D eigenvalue weighted by Crippen LogP contribution is -2.43. The molecule has 0 bridgehead atoms. The van der Waals surface area contributed by atoms with Gasteiger partial charge in [-0.05, 0) is 12.1 Å². The summed E-state index contributed by atoms with van der Waals surface area (Å²) in [5, 5.41) is 3.30. The summed E-state index contributed by atoms with van der Waals surface area (Å²) in [5.74, 6) is 0.581. The van der Waals surface area contributed by atoms with Crippen molar-refractivity contribution < 1.29 is 4.39 Å². The molecule has 1 aliphatic heterocycles. The summed E-state index contributed by atoms with van der Waals surface area (Å²) in [7, 11) is 0. The Morgan fingerprint density at radius 1 is 1.29 bits per heavy atom. The molecule has 0 amide bonds. The van der Waals surface area contributed by atoms with E-state index < -0.39 is 0 Å². The van der Waals surface area contributed by atoms with Gasteiger partial charge in [-0.3, -0.25) is 4.90 Å². The van der Waals surface area contributed by atoms with Crippen LogP contribution in [0, 0.1) is 5.82 Å². The molecular weight excluding hydrogens is 219 g/mol. The number of rotatable bonds is 2. The molecule has 4 nitrogen and oxygen atoms in total. The molecule has 2 aromatic rings. The quantitative estimate of drug-likeness (QED) is 0.818. The van der Waals surface area contributed by atoms with Gasteiger partial charge >= 0.3 is 0 Å². The monoisotopic (exact) mass is 234 g/mol. The highest BCUT2D eigenvalue weighted by molar-refractivity contribution is 5.75. The van der Waals surface area contributed by atoms with E-state index in [9.17, 15) is 4.39 Å². The second kappa shape index (κ2) is 4.43. The number of hydrogen-bond acceptors (Lipinski definition) is 3. The van der Waals surface area contributed by atoms with Crippen LogP contribution in [0.2, 0.25) is 0 Å². The molecular formula is C12H15FN4. The van der Waals surface area contributed by atoms with Gasteiger partial charge in [0.2, 0.25) is 0 Å². The van der Waals surface area contributed by atoms with Crippen molar-refractivity contribution in [1.29, 1.82) is 0 Å². The van der Waals surface area contributed by atoms with E-state index >= 15 is 0 Å². The third kappa shape index (κ3) is 2.16. The highest BCUT2D eigenvalue weighted by atomic mass is 19.1. The van der Waals surface area contributed by atoms with Gasteiger partial charge in [0.25, 0.3) is 0 Å². The van der Waals surface area contributed by atoms with Crippen molar-refractivity contribution in [2.75, 3.05) is 26.2 Å². The summed E-state index contributed by atoms with van der Waals surface area (Å²) in [6.07, 6.45) is 0. The zero-order valence-corrected chi connectivity index (χ0v) is 9.54. The highest BCUT2D eigenvalue weighted by Gasteiger charge is 2.13. The molecule has 0 atom stereocenters. The van der Waals surface area contributed by atoms with Crippen LogP contribution in [0.15, 0.2) is 18.2 Å². The average molecular weight is 234 g/mol. The predicted octanol–water partition coefficient (Wildman–Crippen LogP) is 1.11. The van der Waals surface area contributed by atoms with Crippen LogP contribution in [0.4, 0.5) is 4.39 Å². The summed E-state index contributed by atoms with van der Waals surface area (Å²) < 4.78 is 13.5. The smallest absolute Gasteiger partial charge is 0.151 e. The van der Waals surface area contributed by atoms with Crippen LogP contribution in [0.25, 0.3) is 11.0 Å². The van der Waals surface area contributed by atoms with Crippen molar-refractivity contribution in [1.82, 2.24) is 20.2 Å². The normalized spacial score (nSPS) is 17.7. The van der Waals surface area contributed by atoms with E-state index in [4.69, 9.17) is 0 Å². The largest absolute Gasteiger partial charge is 0.341 e. The predicted molar refractivity (Wildman–Crippen MR) is 64.2 cm³/mol. The first-order valence-corrected chi connectivity index (χ1v) is 5.89. The van der Waals surface area contributed by atoms with Crippen molar-refractivity contribution in [2.45, 2.75) is 6.54 Å². The fourth-order valence-electron chi connectivity index (χ4n) is 2.20. The first-order chi connectivity index (χ1) is 8.33. The van der Waals surface area contributed by atoms with Crippen LogP contribution in [0.5, 0.6) is 0 Å². The Morgan fingerprint density at radius 2 is 2.12 bits per heavy atom. The van der Waals surface area contributed by atoms with Gasteiger partial charge in [0.05, 0.1) is 12.1 Å². The van der Waals surface area contributed by atoms with E-state index in [0.717, 1.165) is 44.1 Å². The third-order valence-corrected chi connectivity index (χ3v) is 3.10. The molecule has 2 heterocycles. The van der Waals surface area contributed by atoms with E-state index in [0.29, 0.717) is 5.52 Å². The van der Waals surface area contributed by atoms with Gasteiger partial charge in [-0.25, -0.2) is 9.37 Å². The highest BCUT2D eigenvalue weighted by Crippen LogP contribution is 2.15. The van der Waals surface area contributed by atoms with Gasteiger partial charge in [-0.15, -0.1) is 0 Å². The molecule has 0 unspecified atom stereocenters. The molecule has 1 saturated heterocycles. The Morgan fingerprint density at radius 3 is 2.88 bits per heavy atom. The Hall–Kier alpha value is -1.46. The molecule has 90 valence electrons. The second-order valence-electron chi connectivity index (χ2n) is 4.35. The summed E-state index contributed by atoms with van der Waals surface area (Å²) >= 11 is 0. The van der Waals surface area contributed by atoms with E-state index in [1.807, 2.05) is 6.07 Å². The van der Waals surface area contributed by atoms with Crippen LogP contribution in [-0.4, -0.2) is 41.0 Å². The second-order valence-corrected chi connectivity index (χ2v) is 4.35. The summed E-state index contributed by atoms with van der Waals surface area (Å²) in [4.78, 5) is 9.80. The number of aromatic nitrogens is 2. The lowest BCUT2D eigenvalue weighted by atomic mass is 10.3. The number of aromatic amines is 1. The van der Waals surface area contributed by atoms with Crippen LogP contribution in [0.3, 0.4) is 0 Å². The number of para-hydroxylation sites is 1. The van der Waals surface area contributed by atoms with Crippen LogP contribution < -0.4 is 5.32 Å². The average Bonchev–Trinajstić information content (AvgIpc) is 2.74. The zero-order valence-electron chi connectivity index (χ0n) is 9.54. The van der Waals surface area contributed by atoms with Gasteiger partial charge in [-0.1, -0.05) is 6.07 Å². The lowest BCUT2D eigenvalue weighted by Gasteiger charge is -2.26. The molecule has 3 rings (SSSR count). The number of piperazine rings is 1. The molecule has 1 aromatic heterocycles. The van der Waals surface area contributed by atoms with E-state index in [-0.39, 0.29) is 5.82 Å². The molecule has 17 heavy (non-hydrogen) atoms. The minimum atomic E-state index is -0.259. The fourth-order valence-corrected chi connectivity index (χ4v) is 2.20. The molecule has 0 spiro atoms. The Bertz CT molecular complexity index is 516. The number of halogens is 1. The number of hydrogen-bond donors (Lipinski definition) is 2. The Balaban J connectivity index is 1.83. The summed E-state index contributed by atoms with van der Waals surface area (Å²) in [6, 6.07) is 4.99.